The second kappa shape index (κ2) is 12.6. The summed E-state index contributed by atoms with van der Waals surface area (Å²) in [7, 11) is 0. The van der Waals surface area contributed by atoms with Crippen molar-refractivity contribution in [2.75, 3.05) is 11.5 Å². The molecule has 2 atom stereocenters. The average Bonchev–Trinajstić information content (AvgIpc) is 3.68. The summed E-state index contributed by atoms with van der Waals surface area (Å²) in [6.45, 7) is 0. The maximum atomic E-state index is 13.2. The molecule has 1 saturated carbocycles. The third kappa shape index (κ3) is 6.10. The number of carbonyl (C=O) groups is 4. The predicted molar refractivity (Wildman–Crippen MR) is 138 cm³/mol. The molecular formula is C23H22N7NaO7S2. The number of aliphatic carboxylic acids is 1. The number of thiazole rings is 1. The van der Waals surface area contributed by atoms with E-state index in [0.29, 0.717) is 0 Å². The number of amides is 3. The van der Waals surface area contributed by atoms with Gasteiger partial charge in [0, 0.05) is 17.2 Å². The van der Waals surface area contributed by atoms with Crippen molar-refractivity contribution in [3.8, 4) is 0 Å². The molecule has 0 aromatic carbocycles. The Morgan fingerprint density at radius 3 is 2.62 bits per heavy atom. The third-order valence-corrected chi connectivity index (χ3v) is 8.26. The fourth-order valence-electron chi connectivity index (χ4n) is 4.36. The summed E-state index contributed by atoms with van der Waals surface area (Å²) in [5.74, 6) is -3.31. The summed E-state index contributed by atoms with van der Waals surface area (Å²) in [5.41, 5.74) is 10.8. The van der Waals surface area contributed by atoms with Crippen LogP contribution in [-0.4, -0.2) is 67.7 Å². The minimum absolute atomic E-state index is 0. The number of nitrogens with one attached hydrogen (secondary N) is 1. The van der Waals surface area contributed by atoms with Gasteiger partial charge in [0.15, 0.2) is 22.3 Å². The number of hydrogen-bond donors (Lipinski definition) is 3. The van der Waals surface area contributed by atoms with Gasteiger partial charge in [0.25, 0.3) is 17.7 Å². The Labute approximate surface area is 257 Å². The molecular weight excluding hydrogens is 573 g/mol. The fraction of sp³-hybridized carbons (Fsp3) is 0.348. The number of nitrogen functional groups attached to an aromatic ring is 1. The standard InChI is InChI=1S/C23H23N7O7S2.Na/c24-18(31)13-7-12(37-28-13)6-5-10-8-38-21-16(20(33)30(21)17(10)22(34)35)27-19(32)15(14-9-39-23(25)26-14)29-36-11-3-1-2-4-11;/h5-7,9,11,16,21H,1-4,8H2,(H2,24,31)(H2,25,26)(H,27,32)(H,34,35);/q;+1/p-1/b6-5-,29-15-;/t16-,21-;/m1./s1. The molecule has 17 heteroatoms. The zero-order valence-corrected chi connectivity index (χ0v) is 24.8. The van der Waals surface area contributed by atoms with Crippen molar-refractivity contribution in [3.05, 3.63) is 45.9 Å². The van der Waals surface area contributed by atoms with Crippen molar-refractivity contribution in [1.82, 2.24) is 20.4 Å². The number of allylic oxidation sites excluding steroid dienone is 1. The second-order valence-electron chi connectivity index (χ2n) is 8.86. The molecule has 2 fully saturated rings. The first-order valence-electron chi connectivity index (χ1n) is 11.8. The summed E-state index contributed by atoms with van der Waals surface area (Å²) < 4.78 is 4.98. The molecule has 2 aromatic rings. The Morgan fingerprint density at radius 2 is 2.00 bits per heavy atom. The Kier molecular flexibility index (Phi) is 9.35. The summed E-state index contributed by atoms with van der Waals surface area (Å²) in [6.07, 6.45) is 6.38. The molecule has 2 aliphatic heterocycles. The monoisotopic (exact) mass is 595 g/mol. The van der Waals surface area contributed by atoms with Gasteiger partial charge in [-0.15, -0.1) is 23.1 Å². The topological polar surface area (TPSA) is 219 Å². The van der Waals surface area contributed by atoms with Crippen molar-refractivity contribution in [3.63, 3.8) is 0 Å². The molecule has 0 unspecified atom stereocenters. The van der Waals surface area contributed by atoms with Gasteiger partial charge < -0.3 is 36.0 Å². The molecule has 14 nitrogen and oxygen atoms in total. The van der Waals surface area contributed by atoms with Crippen LogP contribution in [0.4, 0.5) is 5.13 Å². The molecule has 40 heavy (non-hydrogen) atoms. The van der Waals surface area contributed by atoms with E-state index in [2.05, 4.69) is 20.6 Å². The van der Waals surface area contributed by atoms with E-state index in [9.17, 15) is 24.3 Å². The number of β-lactam (4-membered cyclic amide) rings is 1. The zero-order valence-electron chi connectivity index (χ0n) is 21.2. The van der Waals surface area contributed by atoms with Crippen molar-refractivity contribution in [2.45, 2.75) is 43.2 Å². The molecule has 3 amide bonds. The van der Waals surface area contributed by atoms with E-state index in [1.54, 1.807) is 5.38 Å². The van der Waals surface area contributed by atoms with Crippen LogP contribution in [0.2, 0.25) is 0 Å². The maximum Gasteiger partial charge on any atom is 1.00 e. The smallest absolute Gasteiger partial charge is 0.543 e. The van der Waals surface area contributed by atoms with Crippen LogP contribution in [0.3, 0.4) is 0 Å². The Morgan fingerprint density at radius 1 is 1.25 bits per heavy atom. The van der Waals surface area contributed by atoms with Crippen molar-refractivity contribution in [2.24, 2.45) is 10.9 Å². The first-order valence-corrected chi connectivity index (χ1v) is 13.8. The minimum Gasteiger partial charge on any atom is -0.543 e. The number of aromatic nitrogens is 2. The van der Waals surface area contributed by atoms with E-state index < -0.39 is 35.1 Å². The molecule has 5 rings (SSSR count). The quantitative estimate of drug-likeness (QED) is 0.112. The molecule has 204 valence electrons. The molecule has 0 bridgehead atoms. The molecule has 0 radical (unpaired) electrons. The summed E-state index contributed by atoms with van der Waals surface area (Å²) in [5, 5.41) is 23.3. The van der Waals surface area contributed by atoms with Crippen LogP contribution in [0.1, 0.15) is 47.6 Å². The van der Waals surface area contributed by atoms with Crippen LogP contribution < -0.4 is 51.4 Å². The molecule has 5 N–H and O–H groups in total. The largest absolute Gasteiger partial charge is 1.00 e. The van der Waals surface area contributed by atoms with Crippen LogP contribution in [0.5, 0.6) is 0 Å². The maximum absolute atomic E-state index is 13.2. The summed E-state index contributed by atoms with van der Waals surface area (Å²) >= 11 is 2.38. The van der Waals surface area contributed by atoms with Crippen molar-refractivity contribution >= 4 is 63.7 Å². The van der Waals surface area contributed by atoms with Gasteiger partial charge in [0.05, 0.1) is 11.7 Å². The molecule has 2 aromatic heterocycles. The van der Waals surface area contributed by atoms with Crippen LogP contribution in [0, 0.1) is 0 Å². The molecule has 0 spiro atoms. The normalized spacial score (nSPS) is 21.1. The first-order chi connectivity index (χ1) is 18.7. The number of primary amides is 1. The number of carboxylic acids is 1. The van der Waals surface area contributed by atoms with Crippen LogP contribution in [0.25, 0.3) is 6.08 Å². The third-order valence-electron chi connectivity index (χ3n) is 6.28. The SMILES string of the molecule is NC(=O)c1cc(/C=C\C2=C(C(=O)[O-])N3C(=O)[C@@H](NC(=O)/C(=N\OC4CCCC4)c4csc(N)n4)[C@H]3SC2)on1.[Na+]. The predicted octanol–water partition coefficient (Wildman–Crippen LogP) is -3.40. The number of oxime groups is 1. The second-order valence-corrected chi connectivity index (χ2v) is 10.9. The average molecular weight is 596 g/mol. The number of rotatable bonds is 9. The number of hydrogen-bond acceptors (Lipinski definition) is 13. The van der Waals surface area contributed by atoms with Crippen LogP contribution >= 0.6 is 23.1 Å². The van der Waals surface area contributed by atoms with E-state index in [0.717, 1.165) is 41.9 Å². The molecule has 1 saturated heterocycles. The number of nitrogens with two attached hydrogens (primary N) is 2. The summed E-state index contributed by atoms with van der Waals surface area (Å²) in [4.78, 5) is 60.2. The zero-order chi connectivity index (χ0) is 27.7. The number of anilines is 1. The number of carboxylic acid groups (broad SMARTS) is 1. The number of fused-ring (bicyclic) bond motifs is 1. The van der Waals surface area contributed by atoms with Gasteiger partial charge in [-0.25, -0.2) is 4.98 Å². The number of nitrogens with zero attached hydrogens (tertiary/aromatic N) is 4. The van der Waals surface area contributed by atoms with Gasteiger partial charge in [0.1, 0.15) is 23.2 Å². The van der Waals surface area contributed by atoms with Gasteiger partial charge in [-0.2, -0.15) is 0 Å². The van der Waals surface area contributed by atoms with Crippen LogP contribution in [0.15, 0.2) is 38.5 Å². The van der Waals surface area contributed by atoms with Gasteiger partial charge in [-0.1, -0.05) is 16.4 Å². The van der Waals surface area contributed by atoms with Gasteiger partial charge in [-0.3, -0.25) is 19.3 Å². The fourth-order valence-corrected chi connectivity index (χ4v) is 6.22. The molecule has 1 aliphatic carbocycles. The number of thioether (sulfide) groups is 1. The van der Waals surface area contributed by atoms with Gasteiger partial charge in [-0.05, 0) is 37.3 Å². The van der Waals surface area contributed by atoms with E-state index in [4.69, 9.17) is 20.8 Å². The Hall–Kier alpha value is -3.18. The molecule has 3 aliphatic rings. The van der Waals surface area contributed by atoms with Gasteiger partial charge in [0.2, 0.25) is 0 Å². The molecule has 4 heterocycles. The van der Waals surface area contributed by atoms with Crippen molar-refractivity contribution in [1.29, 1.82) is 0 Å². The Balaban J connectivity index is 0.00000370. The van der Waals surface area contributed by atoms with E-state index >= 15 is 0 Å². The Bertz CT molecular complexity index is 1430. The van der Waals surface area contributed by atoms with Crippen molar-refractivity contribution < 1.29 is 63.2 Å². The van der Waals surface area contributed by atoms with E-state index in [-0.39, 0.29) is 80.7 Å². The first kappa shape index (κ1) is 29.8. The number of carbonyl (C=O) groups excluding carboxylic acids is 4. The summed E-state index contributed by atoms with van der Waals surface area (Å²) in [6, 6.07) is 0.283. The van der Waals surface area contributed by atoms with E-state index in [1.807, 2.05) is 0 Å². The van der Waals surface area contributed by atoms with Crippen LogP contribution in [-0.2, 0) is 19.2 Å². The van der Waals surface area contributed by atoms with Gasteiger partial charge >= 0.3 is 29.6 Å². The minimum atomic E-state index is -1.56. The van der Waals surface area contributed by atoms with E-state index in [1.165, 1.54) is 30.0 Å².